The maximum atomic E-state index is 12.1. The lowest BCUT2D eigenvalue weighted by Gasteiger charge is -2.29. The van der Waals surface area contributed by atoms with Crippen LogP contribution in [-0.4, -0.2) is 49.6 Å². The summed E-state index contributed by atoms with van der Waals surface area (Å²) in [6.45, 7) is 3.32. The Hall–Kier alpha value is -0.610. The molecular formula is C17H31N3O. The fraction of sp³-hybridized carbons (Fsp3) is 0.941. The molecular weight excluding hydrogens is 262 g/mol. The van der Waals surface area contributed by atoms with Crippen molar-refractivity contribution in [3.8, 4) is 0 Å². The van der Waals surface area contributed by atoms with Crippen LogP contribution >= 0.6 is 0 Å². The largest absolute Gasteiger partial charge is 0.356 e. The number of nitrogens with one attached hydrogen (secondary N) is 2. The minimum absolute atomic E-state index is 0.286. The third kappa shape index (κ3) is 4.43. The van der Waals surface area contributed by atoms with Gasteiger partial charge in [-0.3, -0.25) is 4.79 Å². The van der Waals surface area contributed by atoms with E-state index in [4.69, 9.17) is 0 Å². The lowest BCUT2D eigenvalue weighted by Crippen LogP contribution is -2.40. The Morgan fingerprint density at radius 3 is 2.43 bits per heavy atom. The van der Waals surface area contributed by atoms with E-state index in [9.17, 15) is 4.79 Å². The maximum absolute atomic E-state index is 12.1. The molecule has 0 aliphatic carbocycles. The van der Waals surface area contributed by atoms with Gasteiger partial charge < -0.3 is 15.5 Å². The Kier molecular flexibility index (Phi) is 5.17. The van der Waals surface area contributed by atoms with Gasteiger partial charge in [0.2, 0.25) is 5.91 Å². The average molecular weight is 293 g/mol. The van der Waals surface area contributed by atoms with Gasteiger partial charge in [-0.2, -0.15) is 0 Å². The van der Waals surface area contributed by atoms with Gasteiger partial charge in [0, 0.05) is 25.0 Å². The van der Waals surface area contributed by atoms with E-state index in [1.54, 1.807) is 0 Å². The lowest BCUT2D eigenvalue weighted by atomic mass is 9.89. The van der Waals surface area contributed by atoms with Crippen LogP contribution in [0.1, 0.15) is 51.4 Å². The van der Waals surface area contributed by atoms with E-state index in [0.29, 0.717) is 18.0 Å². The van der Waals surface area contributed by atoms with Crippen LogP contribution in [0.3, 0.4) is 0 Å². The Morgan fingerprint density at radius 2 is 1.76 bits per heavy atom. The van der Waals surface area contributed by atoms with Crippen LogP contribution in [0.5, 0.6) is 0 Å². The fourth-order valence-corrected chi connectivity index (χ4v) is 4.44. The molecule has 2 unspecified atom stereocenters. The van der Waals surface area contributed by atoms with Crippen LogP contribution in [0.2, 0.25) is 0 Å². The van der Waals surface area contributed by atoms with Gasteiger partial charge in [-0.15, -0.1) is 0 Å². The van der Waals surface area contributed by atoms with E-state index in [0.717, 1.165) is 25.3 Å². The molecule has 2 N–H and O–H groups in total. The van der Waals surface area contributed by atoms with Crippen molar-refractivity contribution in [2.45, 2.75) is 63.5 Å². The summed E-state index contributed by atoms with van der Waals surface area (Å²) >= 11 is 0. The highest BCUT2D eigenvalue weighted by atomic mass is 16.1. The zero-order valence-electron chi connectivity index (χ0n) is 13.4. The summed E-state index contributed by atoms with van der Waals surface area (Å²) in [5.74, 6) is 1.72. The molecule has 3 fully saturated rings. The maximum Gasteiger partial charge on any atom is 0.220 e. The summed E-state index contributed by atoms with van der Waals surface area (Å²) < 4.78 is 0. The van der Waals surface area contributed by atoms with Gasteiger partial charge in [0.25, 0.3) is 0 Å². The highest BCUT2D eigenvalue weighted by Crippen LogP contribution is 2.32. The number of hydrogen-bond donors (Lipinski definition) is 2. The average Bonchev–Trinajstić information content (AvgIpc) is 2.80. The topological polar surface area (TPSA) is 44.4 Å². The van der Waals surface area contributed by atoms with Gasteiger partial charge in [-0.1, -0.05) is 0 Å². The highest BCUT2D eigenvalue weighted by molar-refractivity contribution is 5.76. The minimum Gasteiger partial charge on any atom is -0.356 e. The summed E-state index contributed by atoms with van der Waals surface area (Å²) in [6.07, 6.45) is 9.56. The molecule has 21 heavy (non-hydrogen) atoms. The van der Waals surface area contributed by atoms with Gasteiger partial charge >= 0.3 is 0 Å². The molecule has 0 aromatic heterocycles. The van der Waals surface area contributed by atoms with Gasteiger partial charge in [-0.05, 0) is 76.9 Å². The van der Waals surface area contributed by atoms with Crippen LogP contribution in [0.25, 0.3) is 0 Å². The molecule has 2 bridgehead atoms. The summed E-state index contributed by atoms with van der Waals surface area (Å²) in [7, 11) is 2.20. The third-order valence-corrected chi connectivity index (χ3v) is 5.76. The van der Waals surface area contributed by atoms with E-state index < -0.39 is 0 Å². The Morgan fingerprint density at radius 1 is 1.10 bits per heavy atom. The van der Waals surface area contributed by atoms with E-state index >= 15 is 0 Å². The Labute approximate surface area is 129 Å². The van der Waals surface area contributed by atoms with E-state index in [1.807, 2.05) is 0 Å². The molecule has 120 valence electrons. The molecule has 4 heteroatoms. The zero-order chi connectivity index (χ0) is 14.7. The van der Waals surface area contributed by atoms with Crippen LogP contribution in [0.4, 0.5) is 0 Å². The quantitative estimate of drug-likeness (QED) is 0.812. The second kappa shape index (κ2) is 7.10. The van der Waals surface area contributed by atoms with E-state index in [2.05, 4.69) is 22.6 Å². The van der Waals surface area contributed by atoms with Crippen LogP contribution in [-0.2, 0) is 4.79 Å². The predicted octanol–water partition coefficient (Wildman–Crippen LogP) is 1.76. The second-order valence-corrected chi connectivity index (χ2v) is 7.56. The van der Waals surface area contributed by atoms with Crippen LogP contribution < -0.4 is 10.6 Å². The van der Waals surface area contributed by atoms with Crippen molar-refractivity contribution < 1.29 is 4.79 Å². The first-order valence-electron chi connectivity index (χ1n) is 8.90. The number of rotatable bonds is 5. The molecule has 0 aromatic rings. The van der Waals surface area contributed by atoms with Crippen molar-refractivity contribution in [2.24, 2.45) is 11.8 Å². The monoisotopic (exact) mass is 293 g/mol. The summed E-state index contributed by atoms with van der Waals surface area (Å²) in [5, 5.41) is 6.81. The number of fused-ring (bicyclic) bond motifs is 2. The first-order chi connectivity index (χ1) is 10.2. The van der Waals surface area contributed by atoms with Crippen molar-refractivity contribution in [1.82, 2.24) is 15.5 Å². The SMILES string of the molecule is CN1CCC(CCNC(=O)CC2CC3CCC(C2)N3)CC1. The predicted molar refractivity (Wildman–Crippen MR) is 85.1 cm³/mol. The number of amides is 1. The molecule has 3 aliphatic heterocycles. The fourth-order valence-electron chi connectivity index (χ4n) is 4.44. The molecule has 0 radical (unpaired) electrons. The van der Waals surface area contributed by atoms with Crippen molar-refractivity contribution in [1.29, 1.82) is 0 Å². The number of carbonyl (C=O) groups excluding carboxylic acids is 1. The number of carbonyl (C=O) groups is 1. The number of likely N-dealkylation sites (tertiary alicyclic amines) is 1. The molecule has 0 aromatic carbocycles. The normalized spacial score (nSPS) is 34.0. The van der Waals surface area contributed by atoms with E-state index in [1.165, 1.54) is 51.6 Å². The minimum atomic E-state index is 0.286. The van der Waals surface area contributed by atoms with Gasteiger partial charge in [0.1, 0.15) is 0 Å². The van der Waals surface area contributed by atoms with E-state index in [-0.39, 0.29) is 5.91 Å². The second-order valence-electron chi connectivity index (χ2n) is 7.56. The molecule has 0 spiro atoms. The summed E-state index contributed by atoms with van der Waals surface area (Å²) in [6, 6.07) is 1.39. The Balaban J connectivity index is 1.30. The number of hydrogen-bond acceptors (Lipinski definition) is 3. The standard InChI is InChI=1S/C17H31N3O/c1-20-8-5-13(6-9-20)4-7-18-17(21)12-14-10-15-2-3-16(11-14)19-15/h13-16,19H,2-12H2,1H3,(H,18,21). The van der Waals surface area contributed by atoms with Crippen molar-refractivity contribution in [3.05, 3.63) is 0 Å². The molecule has 4 nitrogen and oxygen atoms in total. The molecule has 1 amide bonds. The molecule has 0 saturated carbocycles. The zero-order valence-corrected chi connectivity index (χ0v) is 13.4. The highest BCUT2D eigenvalue weighted by Gasteiger charge is 2.34. The number of nitrogens with zero attached hydrogens (tertiary/aromatic N) is 1. The molecule has 3 rings (SSSR count). The Bertz CT molecular complexity index is 340. The van der Waals surface area contributed by atoms with Crippen molar-refractivity contribution >= 4 is 5.91 Å². The third-order valence-electron chi connectivity index (χ3n) is 5.76. The van der Waals surface area contributed by atoms with Crippen LogP contribution in [0.15, 0.2) is 0 Å². The van der Waals surface area contributed by atoms with Gasteiger partial charge in [0.05, 0.1) is 0 Å². The van der Waals surface area contributed by atoms with Gasteiger partial charge in [0.15, 0.2) is 0 Å². The van der Waals surface area contributed by atoms with Crippen molar-refractivity contribution in [3.63, 3.8) is 0 Å². The summed E-state index contributed by atoms with van der Waals surface area (Å²) in [4.78, 5) is 14.5. The molecule has 2 atom stereocenters. The molecule has 3 saturated heterocycles. The van der Waals surface area contributed by atoms with Crippen molar-refractivity contribution in [2.75, 3.05) is 26.7 Å². The first kappa shape index (κ1) is 15.3. The van der Waals surface area contributed by atoms with Gasteiger partial charge in [-0.25, -0.2) is 0 Å². The molecule has 3 heterocycles. The smallest absolute Gasteiger partial charge is 0.220 e. The summed E-state index contributed by atoms with van der Waals surface area (Å²) in [5.41, 5.74) is 0. The molecule has 3 aliphatic rings. The first-order valence-corrected chi connectivity index (χ1v) is 8.90. The lowest BCUT2D eigenvalue weighted by molar-refractivity contribution is -0.122. The number of piperidine rings is 2. The van der Waals surface area contributed by atoms with Crippen LogP contribution in [0, 0.1) is 11.8 Å².